The summed E-state index contributed by atoms with van der Waals surface area (Å²) >= 11 is 0. The normalized spacial score (nSPS) is 10.9. The molecular formula is C24H27N3O4S. The highest BCUT2D eigenvalue weighted by atomic mass is 32.2. The lowest BCUT2D eigenvalue weighted by atomic mass is 10.2. The molecular weight excluding hydrogens is 426 g/mol. The number of hydrogen-bond acceptors (Lipinski definition) is 5. The SMILES string of the molecule is COc1ccccc1NS(=O)(=O)c1ccc(C(=O)NCCCN(C)c2ccccc2)cc1. The maximum Gasteiger partial charge on any atom is 0.262 e. The van der Waals surface area contributed by atoms with E-state index in [-0.39, 0.29) is 10.8 Å². The van der Waals surface area contributed by atoms with Gasteiger partial charge < -0.3 is 15.0 Å². The van der Waals surface area contributed by atoms with Gasteiger partial charge in [-0.2, -0.15) is 0 Å². The van der Waals surface area contributed by atoms with Crippen LogP contribution in [0.1, 0.15) is 16.8 Å². The Morgan fingerprint density at radius 1 is 0.938 bits per heavy atom. The second-order valence-electron chi connectivity index (χ2n) is 7.20. The number of nitrogens with one attached hydrogen (secondary N) is 2. The molecule has 0 heterocycles. The summed E-state index contributed by atoms with van der Waals surface area (Å²) in [5, 5.41) is 2.87. The Morgan fingerprint density at radius 3 is 2.28 bits per heavy atom. The highest BCUT2D eigenvalue weighted by Gasteiger charge is 2.17. The van der Waals surface area contributed by atoms with Crippen LogP contribution in [0.15, 0.2) is 83.8 Å². The van der Waals surface area contributed by atoms with Gasteiger partial charge in [-0.15, -0.1) is 0 Å². The molecule has 3 aromatic rings. The third kappa shape index (κ3) is 6.01. The van der Waals surface area contributed by atoms with E-state index in [4.69, 9.17) is 4.74 Å². The molecule has 3 rings (SSSR count). The summed E-state index contributed by atoms with van der Waals surface area (Å²) in [5.74, 6) is 0.180. The first-order chi connectivity index (χ1) is 15.4. The first-order valence-electron chi connectivity index (χ1n) is 10.2. The molecule has 0 saturated heterocycles. The molecule has 0 fully saturated rings. The van der Waals surface area contributed by atoms with Gasteiger partial charge in [0.2, 0.25) is 0 Å². The minimum absolute atomic E-state index is 0.0597. The summed E-state index contributed by atoms with van der Waals surface area (Å²) in [4.78, 5) is 14.6. The lowest BCUT2D eigenvalue weighted by Gasteiger charge is -2.19. The first-order valence-corrected chi connectivity index (χ1v) is 11.7. The number of amides is 1. The van der Waals surface area contributed by atoms with Crippen LogP contribution in [-0.2, 0) is 10.0 Å². The van der Waals surface area contributed by atoms with Gasteiger partial charge in [-0.05, 0) is 55.0 Å². The monoisotopic (exact) mass is 453 g/mol. The molecule has 0 aromatic heterocycles. The third-order valence-electron chi connectivity index (χ3n) is 4.93. The first kappa shape index (κ1) is 23.1. The van der Waals surface area contributed by atoms with Crippen molar-refractivity contribution in [2.75, 3.05) is 36.9 Å². The Bertz CT molecular complexity index is 1130. The van der Waals surface area contributed by atoms with E-state index < -0.39 is 10.0 Å². The predicted octanol–water partition coefficient (Wildman–Crippen LogP) is 3.75. The van der Waals surface area contributed by atoms with Crippen molar-refractivity contribution in [3.63, 3.8) is 0 Å². The molecule has 1 amide bonds. The molecule has 0 radical (unpaired) electrons. The number of benzene rings is 3. The maximum atomic E-state index is 12.7. The average molecular weight is 454 g/mol. The molecule has 0 saturated carbocycles. The third-order valence-corrected chi connectivity index (χ3v) is 6.31. The van der Waals surface area contributed by atoms with E-state index >= 15 is 0 Å². The van der Waals surface area contributed by atoms with Crippen molar-refractivity contribution in [2.24, 2.45) is 0 Å². The van der Waals surface area contributed by atoms with E-state index in [1.54, 1.807) is 24.3 Å². The van der Waals surface area contributed by atoms with Crippen LogP contribution < -0.4 is 19.7 Å². The van der Waals surface area contributed by atoms with Crippen LogP contribution in [0.4, 0.5) is 11.4 Å². The van der Waals surface area contributed by atoms with Crippen molar-refractivity contribution >= 4 is 27.3 Å². The summed E-state index contributed by atoms with van der Waals surface area (Å²) in [5.41, 5.74) is 1.87. The Kier molecular flexibility index (Phi) is 7.72. The van der Waals surface area contributed by atoms with Gasteiger partial charge >= 0.3 is 0 Å². The Hall–Kier alpha value is -3.52. The molecule has 168 valence electrons. The number of anilines is 2. The fraction of sp³-hybridized carbons (Fsp3) is 0.208. The van der Waals surface area contributed by atoms with Gasteiger partial charge in [0.1, 0.15) is 5.75 Å². The maximum absolute atomic E-state index is 12.7. The highest BCUT2D eigenvalue weighted by molar-refractivity contribution is 7.92. The van der Waals surface area contributed by atoms with Gasteiger partial charge in [0, 0.05) is 31.4 Å². The smallest absolute Gasteiger partial charge is 0.262 e. The number of rotatable bonds is 10. The number of ether oxygens (including phenoxy) is 1. The van der Waals surface area contributed by atoms with Crippen molar-refractivity contribution in [3.8, 4) is 5.75 Å². The summed E-state index contributed by atoms with van der Waals surface area (Å²) < 4.78 is 33.0. The minimum Gasteiger partial charge on any atom is -0.495 e. The second-order valence-corrected chi connectivity index (χ2v) is 8.88. The molecule has 0 aliphatic heterocycles. The van der Waals surface area contributed by atoms with Gasteiger partial charge in [-0.1, -0.05) is 30.3 Å². The van der Waals surface area contributed by atoms with Crippen LogP contribution in [-0.4, -0.2) is 41.6 Å². The van der Waals surface area contributed by atoms with Crippen LogP contribution in [0, 0.1) is 0 Å². The Balaban J connectivity index is 1.53. The van der Waals surface area contributed by atoms with Crippen LogP contribution in [0.5, 0.6) is 5.75 Å². The second kappa shape index (κ2) is 10.7. The van der Waals surface area contributed by atoms with E-state index in [0.29, 0.717) is 23.5 Å². The van der Waals surface area contributed by atoms with Crippen molar-refractivity contribution in [3.05, 3.63) is 84.4 Å². The molecule has 0 spiro atoms. The summed E-state index contributed by atoms with van der Waals surface area (Å²) in [6.07, 6.45) is 0.784. The fourth-order valence-corrected chi connectivity index (χ4v) is 4.22. The number of sulfonamides is 1. The average Bonchev–Trinajstić information content (AvgIpc) is 2.82. The number of nitrogens with zero attached hydrogens (tertiary/aromatic N) is 1. The number of methoxy groups -OCH3 is 1. The number of carbonyl (C=O) groups excluding carboxylic acids is 1. The standard InChI is InChI=1S/C24H27N3O4S/c1-27(20-9-4-3-5-10-20)18-8-17-25-24(28)19-13-15-21(16-14-19)32(29,30)26-22-11-6-7-12-23(22)31-2/h3-7,9-16,26H,8,17-18H2,1-2H3,(H,25,28). The van der Waals surface area contributed by atoms with E-state index in [1.165, 1.54) is 31.4 Å². The number of carbonyl (C=O) groups is 1. The van der Waals surface area contributed by atoms with Crippen LogP contribution in [0.3, 0.4) is 0 Å². The molecule has 0 unspecified atom stereocenters. The zero-order chi connectivity index (χ0) is 23.0. The van der Waals surface area contributed by atoms with Crippen LogP contribution in [0.25, 0.3) is 0 Å². The van der Waals surface area contributed by atoms with E-state index in [0.717, 1.165) is 18.7 Å². The van der Waals surface area contributed by atoms with E-state index in [2.05, 4.69) is 14.9 Å². The minimum atomic E-state index is -3.81. The van der Waals surface area contributed by atoms with Gasteiger partial charge in [0.15, 0.2) is 0 Å². The van der Waals surface area contributed by atoms with Gasteiger partial charge in [-0.25, -0.2) is 8.42 Å². The molecule has 0 aliphatic carbocycles. The van der Waals surface area contributed by atoms with Crippen LogP contribution in [0.2, 0.25) is 0 Å². The molecule has 0 aliphatic rings. The van der Waals surface area contributed by atoms with Gasteiger partial charge in [0.25, 0.3) is 15.9 Å². The predicted molar refractivity (Wildman–Crippen MR) is 127 cm³/mol. The lowest BCUT2D eigenvalue weighted by molar-refractivity contribution is 0.0953. The molecule has 8 heteroatoms. The lowest BCUT2D eigenvalue weighted by Crippen LogP contribution is -2.28. The van der Waals surface area contributed by atoms with Crippen LogP contribution >= 0.6 is 0 Å². The van der Waals surface area contributed by atoms with Crippen molar-refractivity contribution in [2.45, 2.75) is 11.3 Å². The molecule has 0 atom stereocenters. The molecule has 3 aromatic carbocycles. The molecule has 7 nitrogen and oxygen atoms in total. The number of para-hydroxylation sites is 3. The molecule has 0 bridgehead atoms. The van der Waals surface area contributed by atoms with E-state index in [1.807, 2.05) is 37.4 Å². The topological polar surface area (TPSA) is 87.7 Å². The van der Waals surface area contributed by atoms with Crippen molar-refractivity contribution in [1.29, 1.82) is 0 Å². The zero-order valence-electron chi connectivity index (χ0n) is 18.1. The quantitative estimate of drug-likeness (QED) is 0.457. The number of hydrogen-bond donors (Lipinski definition) is 2. The van der Waals surface area contributed by atoms with Gasteiger partial charge in [0.05, 0.1) is 17.7 Å². The van der Waals surface area contributed by atoms with Crippen molar-refractivity contribution in [1.82, 2.24) is 5.32 Å². The Labute approximate surface area is 189 Å². The fourth-order valence-electron chi connectivity index (χ4n) is 3.15. The zero-order valence-corrected chi connectivity index (χ0v) is 18.9. The van der Waals surface area contributed by atoms with Crippen molar-refractivity contribution < 1.29 is 17.9 Å². The summed E-state index contributed by atoms with van der Waals surface area (Å²) in [6, 6.07) is 22.6. The summed E-state index contributed by atoms with van der Waals surface area (Å²) in [6.45, 7) is 1.32. The highest BCUT2D eigenvalue weighted by Crippen LogP contribution is 2.26. The van der Waals surface area contributed by atoms with E-state index in [9.17, 15) is 13.2 Å². The largest absolute Gasteiger partial charge is 0.495 e. The Morgan fingerprint density at radius 2 is 1.59 bits per heavy atom. The molecule has 2 N–H and O–H groups in total. The summed E-state index contributed by atoms with van der Waals surface area (Å²) in [7, 11) is -0.331. The van der Waals surface area contributed by atoms with Gasteiger partial charge in [-0.3, -0.25) is 9.52 Å². The molecule has 32 heavy (non-hydrogen) atoms.